The molecule has 0 aliphatic heterocycles. The van der Waals surface area contributed by atoms with Gasteiger partial charge in [-0.15, -0.1) is 0 Å². The normalized spacial score (nSPS) is 13.3. The number of nitrogens with two attached hydrogens (primary N) is 1. The maximum absolute atomic E-state index is 14.4. The van der Waals surface area contributed by atoms with Gasteiger partial charge in [0.1, 0.15) is 17.3 Å². The van der Waals surface area contributed by atoms with Crippen molar-refractivity contribution in [3.8, 4) is 17.0 Å². The monoisotopic (exact) mass is 487 g/mol. The molecule has 0 aliphatic rings. The van der Waals surface area contributed by atoms with Crippen molar-refractivity contribution in [2.45, 2.75) is 11.9 Å². The molecule has 3 rings (SSSR count). The van der Waals surface area contributed by atoms with E-state index in [-0.39, 0.29) is 40.0 Å². The first-order valence-corrected chi connectivity index (χ1v) is 11.2. The van der Waals surface area contributed by atoms with Crippen molar-refractivity contribution >= 4 is 21.4 Å². The molecular formula is C20H18F5N5O2S. The van der Waals surface area contributed by atoms with Crippen LogP contribution in [0, 0.1) is 11.6 Å². The Morgan fingerprint density at radius 1 is 1.18 bits per heavy atom. The SMILES string of the molecule is COc1cc(F)ccc1-c1nc(Nc2cc(CS(C)(=O)=NN)cc(C(F)(F)F)c2)ncc1F. The maximum atomic E-state index is 14.4. The predicted octanol–water partition coefficient (Wildman–Crippen LogP) is 4.66. The van der Waals surface area contributed by atoms with Gasteiger partial charge in [0.2, 0.25) is 5.95 Å². The molecule has 0 saturated heterocycles. The van der Waals surface area contributed by atoms with Crippen molar-refractivity contribution in [1.82, 2.24) is 9.97 Å². The van der Waals surface area contributed by atoms with E-state index in [1.165, 1.54) is 25.5 Å². The molecule has 3 N–H and O–H groups in total. The summed E-state index contributed by atoms with van der Waals surface area (Å²) < 4.78 is 88.5. The van der Waals surface area contributed by atoms with Gasteiger partial charge in [-0.2, -0.15) is 17.6 Å². The molecule has 0 aliphatic carbocycles. The Hall–Kier alpha value is -3.32. The zero-order valence-corrected chi connectivity index (χ0v) is 18.1. The fraction of sp³-hybridized carbons (Fsp3) is 0.200. The molecule has 1 atom stereocenters. The zero-order valence-electron chi connectivity index (χ0n) is 17.3. The van der Waals surface area contributed by atoms with Crippen molar-refractivity contribution in [2.24, 2.45) is 10.3 Å². The van der Waals surface area contributed by atoms with Crippen LogP contribution in [0.3, 0.4) is 0 Å². The second-order valence-electron chi connectivity index (χ2n) is 6.99. The fourth-order valence-corrected chi connectivity index (χ4v) is 3.82. The molecule has 1 heterocycles. The number of nitrogens with one attached hydrogen (secondary N) is 1. The van der Waals surface area contributed by atoms with E-state index in [0.29, 0.717) is 0 Å². The summed E-state index contributed by atoms with van der Waals surface area (Å²) in [5.74, 6) is 3.05. The van der Waals surface area contributed by atoms with Gasteiger partial charge in [-0.05, 0) is 35.9 Å². The van der Waals surface area contributed by atoms with Gasteiger partial charge in [-0.25, -0.2) is 28.8 Å². The Bertz CT molecular complexity index is 1310. The minimum atomic E-state index is -4.70. The molecule has 1 unspecified atom stereocenters. The van der Waals surface area contributed by atoms with Crippen LogP contribution in [-0.4, -0.2) is 27.5 Å². The van der Waals surface area contributed by atoms with E-state index in [1.54, 1.807) is 0 Å². The second-order valence-corrected chi connectivity index (χ2v) is 9.40. The molecule has 3 aromatic rings. The lowest BCUT2D eigenvalue weighted by atomic mass is 10.1. The molecule has 7 nitrogen and oxygen atoms in total. The number of hydrogen-bond donors (Lipinski definition) is 2. The van der Waals surface area contributed by atoms with Crippen LogP contribution >= 0.6 is 0 Å². The zero-order chi connectivity index (χ0) is 24.4. The molecule has 0 spiro atoms. The van der Waals surface area contributed by atoms with Gasteiger partial charge in [0.05, 0.1) is 34.4 Å². The second kappa shape index (κ2) is 9.27. The number of hydrogen-bond acceptors (Lipinski definition) is 6. The average Bonchev–Trinajstić information content (AvgIpc) is 2.74. The first-order chi connectivity index (χ1) is 15.4. The van der Waals surface area contributed by atoms with Gasteiger partial charge in [0, 0.05) is 23.6 Å². The van der Waals surface area contributed by atoms with Crippen molar-refractivity contribution in [1.29, 1.82) is 0 Å². The van der Waals surface area contributed by atoms with Gasteiger partial charge in [0.15, 0.2) is 5.82 Å². The van der Waals surface area contributed by atoms with Gasteiger partial charge in [-0.3, -0.25) is 0 Å². The van der Waals surface area contributed by atoms with Crippen LogP contribution in [0.15, 0.2) is 47.1 Å². The number of benzene rings is 2. The number of nitrogens with zero attached hydrogens (tertiary/aromatic N) is 3. The quantitative estimate of drug-likeness (QED) is 0.298. The van der Waals surface area contributed by atoms with E-state index in [1.807, 2.05) is 0 Å². The number of rotatable bonds is 6. The lowest BCUT2D eigenvalue weighted by Gasteiger charge is -2.14. The molecule has 0 amide bonds. The van der Waals surface area contributed by atoms with Gasteiger partial charge in [0.25, 0.3) is 0 Å². The maximum Gasteiger partial charge on any atom is 0.416 e. The topological polar surface area (TPSA) is 102 Å². The number of aromatic nitrogens is 2. The standard InChI is InChI=1S/C20H18F5N5O2S/c1-32-17-8-13(21)3-4-15(17)18-16(22)9-27-19(29-18)28-14-6-11(10-33(2,31)30-26)5-12(7-14)20(23,24)25/h3-9H,10,26H2,1-2H3,(H,27,28,29). The smallest absolute Gasteiger partial charge is 0.416 e. The average molecular weight is 487 g/mol. The third kappa shape index (κ3) is 5.93. The molecule has 0 fully saturated rings. The van der Waals surface area contributed by atoms with Gasteiger partial charge < -0.3 is 10.1 Å². The van der Waals surface area contributed by atoms with Gasteiger partial charge in [-0.1, -0.05) is 0 Å². The first kappa shape index (κ1) is 24.3. The summed E-state index contributed by atoms with van der Waals surface area (Å²) in [5.41, 5.74) is -1.19. The fourth-order valence-electron chi connectivity index (χ4n) is 2.96. The highest BCUT2D eigenvalue weighted by atomic mass is 32.2. The highest BCUT2D eigenvalue weighted by Crippen LogP contribution is 2.34. The molecule has 0 bridgehead atoms. The van der Waals surface area contributed by atoms with Gasteiger partial charge >= 0.3 is 6.18 Å². The molecular weight excluding hydrogens is 469 g/mol. The predicted molar refractivity (Wildman–Crippen MR) is 113 cm³/mol. The third-order valence-corrected chi connectivity index (χ3v) is 5.71. The molecule has 33 heavy (non-hydrogen) atoms. The number of anilines is 2. The van der Waals surface area contributed by atoms with Crippen LogP contribution in [0.4, 0.5) is 33.6 Å². The van der Waals surface area contributed by atoms with E-state index >= 15 is 0 Å². The van der Waals surface area contributed by atoms with Crippen molar-refractivity contribution in [2.75, 3.05) is 18.7 Å². The number of ether oxygens (including phenoxy) is 1. The lowest BCUT2D eigenvalue weighted by molar-refractivity contribution is -0.137. The number of alkyl halides is 3. The molecule has 13 heteroatoms. The number of methoxy groups -OCH3 is 1. The third-order valence-electron chi connectivity index (χ3n) is 4.40. The van der Waals surface area contributed by atoms with E-state index in [0.717, 1.165) is 30.5 Å². The minimum absolute atomic E-state index is 0.00291. The molecule has 2 aromatic carbocycles. The van der Waals surface area contributed by atoms with Crippen LogP contribution in [0.2, 0.25) is 0 Å². The Morgan fingerprint density at radius 2 is 1.91 bits per heavy atom. The lowest BCUT2D eigenvalue weighted by Crippen LogP contribution is -2.10. The van der Waals surface area contributed by atoms with Crippen LogP contribution in [0.5, 0.6) is 5.75 Å². The Morgan fingerprint density at radius 3 is 2.55 bits per heavy atom. The number of halogens is 5. The summed E-state index contributed by atoms with van der Waals surface area (Å²) in [5, 5.41) is 2.59. The van der Waals surface area contributed by atoms with Crippen LogP contribution in [0.25, 0.3) is 11.3 Å². The Balaban J connectivity index is 2.05. The van der Waals surface area contributed by atoms with Crippen LogP contribution in [0.1, 0.15) is 11.1 Å². The summed E-state index contributed by atoms with van der Waals surface area (Å²) in [4.78, 5) is 7.77. The van der Waals surface area contributed by atoms with E-state index < -0.39 is 33.1 Å². The highest BCUT2D eigenvalue weighted by Gasteiger charge is 2.31. The molecule has 0 saturated carbocycles. The van der Waals surface area contributed by atoms with E-state index in [2.05, 4.69) is 19.8 Å². The minimum Gasteiger partial charge on any atom is -0.496 e. The first-order valence-electron chi connectivity index (χ1n) is 9.15. The van der Waals surface area contributed by atoms with Crippen LogP contribution in [-0.2, 0) is 21.7 Å². The summed E-state index contributed by atoms with van der Waals surface area (Å²) in [6, 6.07) is 6.30. The highest BCUT2D eigenvalue weighted by molar-refractivity contribution is 7.92. The Labute approximate surface area is 186 Å². The summed E-state index contributed by atoms with van der Waals surface area (Å²) in [7, 11) is -1.69. The van der Waals surface area contributed by atoms with E-state index in [9.17, 15) is 26.2 Å². The Kier molecular flexibility index (Phi) is 6.84. The van der Waals surface area contributed by atoms with Crippen molar-refractivity contribution < 1.29 is 30.9 Å². The summed E-state index contributed by atoms with van der Waals surface area (Å²) in [6.45, 7) is 0. The van der Waals surface area contributed by atoms with Crippen LogP contribution < -0.4 is 15.9 Å². The van der Waals surface area contributed by atoms with Crippen molar-refractivity contribution in [3.05, 3.63) is 65.4 Å². The van der Waals surface area contributed by atoms with E-state index in [4.69, 9.17) is 10.6 Å². The molecule has 0 radical (unpaired) electrons. The largest absolute Gasteiger partial charge is 0.496 e. The summed E-state index contributed by atoms with van der Waals surface area (Å²) >= 11 is 0. The molecule has 1 aromatic heterocycles. The molecule has 176 valence electrons. The van der Waals surface area contributed by atoms with Crippen molar-refractivity contribution in [3.63, 3.8) is 0 Å². The summed E-state index contributed by atoms with van der Waals surface area (Å²) in [6.07, 6.45) is -2.67.